The van der Waals surface area contributed by atoms with Crippen LogP contribution in [-0.4, -0.2) is 27.4 Å². The largest absolute Gasteiger partial charge is 0.457 e. The number of amides is 1. The van der Waals surface area contributed by atoms with Gasteiger partial charge in [-0.05, 0) is 55.0 Å². The average Bonchev–Trinajstić information content (AvgIpc) is 2.78. The van der Waals surface area contributed by atoms with E-state index in [-0.39, 0.29) is 17.3 Å². The van der Waals surface area contributed by atoms with E-state index < -0.39 is 10.0 Å². The average molecular weight is 425 g/mol. The molecule has 0 aliphatic rings. The Bertz CT molecular complexity index is 1050. The first kappa shape index (κ1) is 21.4. The molecule has 3 aromatic carbocycles. The van der Waals surface area contributed by atoms with E-state index in [0.29, 0.717) is 23.7 Å². The first-order valence-corrected chi connectivity index (χ1v) is 11.1. The van der Waals surface area contributed by atoms with Gasteiger partial charge in [-0.1, -0.05) is 43.3 Å². The van der Waals surface area contributed by atoms with Crippen LogP contribution in [0.4, 0.5) is 5.69 Å². The molecule has 1 amide bonds. The zero-order chi connectivity index (χ0) is 21.4. The normalized spacial score (nSPS) is 11.0. The molecule has 0 spiro atoms. The van der Waals surface area contributed by atoms with Gasteiger partial charge in [-0.2, -0.15) is 0 Å². The van der Waals surface area contributed by atoms with E-state index in [1.165, 1.54) is 12.1 Å². The van der Waals surface area contributed by atoms with Gasteiger partial charge < -0.3 is 10.1 Å². The lowest BCUT2D eigenvalue weighted by atomic mass is 10.3. The molecule has 0 aliphatic heterocycles. The summed E-state index contributed by atoms with van der Waals surface area (Å²) in [6.45, 7) is 2.11. The molecule has 0 saturated heterocycles. The van der Waals surface area contributed by atoms with Crippen molar-refractivity contribution in [2.45, 2.75) is 18.2 Å². The van der Waals surface area contributed by atoms with E-state index in [0.717, 1.165) is 10.7 Å². The van der Waals surface area contributed by atoms with Gasteiger partial charge >= 0.3 is 0 Å². The molecule has 0 fully saturated rings. The molecule has 0 heterocycles. The number of carbonyl (C=O) groups is 1. The van der Waals surface area contributed by atoms with E-state index >= 15 is 0 Å². The number of nitrogens with zero attached hydrogens (tertiary/aromatic N) is 1. The van der Waals surface area contributed by atoms with Gasteiger partial charge in [0, 0.05) is 6.54 Å². The molecular formula is C23H24N2O4S. The smallest absolute Gasteiger partial charge is 0.264 e. The van der Waals surface area contributed by atoms with E-state index in [1.54, 1.807) is 42.5 Å². The van der Waals surface area contributed by atoms with Crippen LogP contribution >= 0.6 is 0 Å². The minimum atomic E-state index is -3.91. The minimum Gasteiger partial charge on any atom is -0.457 e. The summed E-state index contributed by atoms with van der Waals surface area (Å²) in [5.74, 6) is 0.886. The van der Waals surface area contributed by atoms with Crippen molar-refractivity contribution in [3.05, 3.63) is 84.9 Å². The van der Waals surface area contributed by atoms with Gasteiger partial charge in [-0.15, -0.1) is 0 Å². The molecule has 156 valence electrons. The van der Waals surface area contributed by atoms with Crippen LogP contribution in [0.3, 0.4) is 0 Å². The molecule has 3 aromatic rings. The van der Waals surface area contributed by atoms with E-state index in [1.807, 2.05) is 37.3 Å². The van der Waals surface area contributed by atoms with E-state index in [2.05, 4.69) is 5.32 Å². The van der Waals surface area contributed by atoms with Crippen molar-refractivity contribution in [3.8, 4) is 11.5 Å². The number of sulfonamides is 1. The van der Waals surface area contributed by atoms with Crippen LogP contribution in [0.15, 0.2) is 89.8 Å². The van der Waals surface area contributed by atoms with Gasteiger partial charge in [0.15, 0.2) is 0 Å². The van der Waals surface area contributed by atoms with Crippen molar-refractivity contribution in [2.75, 3.05) is 17.4 Å². The van der Waals surface area contributed by atoms with E-state index in [9.17, 15) is 13.2 Å². The number of hydrogen-bond acceptors (Lipinski definition) is 4. The van der Waals surface area contributed by atoms with Gasteiger partial charge in [-0.25, -0.2) is 8.42 Å². The quantitative estimate of drug-likeness (QED) is 0.559. The predicted octanol–water partition coefficient (Wildman–Crippen LogP) is 4.20. The van der Waals surface area contributed by atoms with Gasteiger partial charge in [0.05, 0.1) is 10.6 Å². The van der Waals surface area contributed by atoms with Crippen LogP contribution in [0.5, 0.6) is 11.5 Å². The highest BCUT2D eigenvalue weighted by molar-refractivity contribution is 7.92. The SMILES string of the molecule is CCCNC(=O)CN(c1ccc(Oc2ccccc2)cc1)S(=O)(=O)c1ccccc1. The molecule has 0 aliphatic carbocycles. The lowest BCUT2D eigenvalue weighted by molar-refractivity contribution is -0.119. The monoisotopic (exact) mass is 424 g/mol. The van der Waals surface area contributed by atoms with Gasteiger partial charge in [0.25, 0.3) is 10.0 Å². The fourth-order valence-electron chi connectivity index (χ4n) is 2.79. The lowest BCUT2D eigenvalue weighted by Gasteiger charge is -2.24. The second-order valence-electron chi connectivity index (χ2n) is 6.58. The van der Waals surface area contributed by atoms with Crippen molar-refractivity contribution in [2.24, 2.45) is 0 Å². The first-order chi connectivity index (χ1) is 14.5. The van der Waals surface area contributed by atoms with Crippen LogP contribution in [0.1, 0.15) is 13.3 Å². The third-order valence-corrected chi connectivity index (χ3v) is 6.08. The lowest BCUT2D eigenvalue weighted by Crippen LogP contribution is -2.41. The number of para-hydroxylation sites is 1. The summed E-state index contributed by atoms with van der Waals surface area (Å²) in [6, 6.07) is 24.0. The number of rotatable bonds is 9. The Kier molecular flexibility index (Phi) is 7.08. The Balaban J connectivity index is 1.88. The zero-order valence-electron chi connectivity index (χ0n) is 16.7. The molecular weight excluding hydrogens is 400 g/mol. The fourth-order valence-corrected chi connectivity index (χ4v) is 4.23. The summed E-state index contributed by atoms with van der Waals surface area (Å²) in [4.78, 5) is 12.5. The third kappa shape index (κ3) is 5.39. The van der Waals surface area contributed by atoms with Crippen LogP contribution in [0, 0.1) is 0 Å². The summed E-state index contributed by atoms with van der Waals surface area (Å²) < 4.78 is 33.3. The number of carbonyl (C=O) groups excluding carboxylic acids is 1. The van der Waals surface area contributed by atoms with Crippen molar-refractivity contribution >= 4 is 21.6 Å². The van der Waals surface area contributed by atoms with Crippen molar-refractivity contribution in [3.63, 3.8) is 0 Å². The Morgan fingerprint density at radius 2 is 1.43 bits per heavy atom. The van der Waals surface area contributed by atoms with Crippen LogP contribution in [0.25, 0.3) is 0 Å². The Labute approximate surface area is 177 Å². The fraction of sp³-hybridized carbons (Fsp3) is 0.174. The molecule has 0 atom stereocenters. The molecule has 1 N–H and O–H groups in total. The van der Waals surface area contributed by atoms with Gasteiger partial charge in [0.1, 0.15) is 18.0 Å². The maximum absolute atomic E-state index is 13.2. The summed E-state index contributed by atoms with van der Waals surface area (Å²) >= 11 is 0. The summed E-state index contributed by atoms with van der Waals surface area (Å²) in [5.41, 5.74) is 0.380. The molecule has 7 heteroatoms. The molecule has 30 heavy (non-hydrogen) atoms. The van der Waals surface area contributed by atoms with Gasteiger partial charge in [-0.3, -0.25) is 9.10 Å². The second-order valence-corrected chi connectivity index (χ2v) is 8.45. The highest BCUT2D eigenvalue weighted by Crippen LogP contribution is 2.27. The third-order valence-electron chi connectivity index (χ3n) is 4.29. The zero-order valence-corrected chi connectivity index (χ0v) is 17.5. The number of ether oxygens (including phenoxy) is 1. The molecule has 6 nitrogen and oxygen atoms in total. The molecule has 3 rings (SSSR count). The number of anilines is 1. The molecule has 0 bridgehead atoms. The van der Waals surface area contributed by atoms with Crippen LogP contribution in [0.2, 0.25) is 0 Å². The predicted molar refractivity (Wildman–Crippen MR) is 117 cm³/mol. The topological polar surface area (TPSA) is 75.7 Å². The molecule has 0 saturated carbocycles. The number of hydrogen-bond donors (Lipinski definition) is 1. The summed E-state index contributed by atoms with van der Waals surface area (Å²) in [5, 5.41) is 2.73. The van der Waals surface area contributed by atoms with Crippen LogP contribution < -0.4 is 14.4 Å². The van der Waals surface area contributed by atoms with Gasteiger partial charge in [0.2, 0.25) is 5.91 Å². The second kappa shape index (κ2) is 9.93. The summed E-state index contributed by atoms with van der Waals surface area (Å²) in [7, 11) is -3.91. The van der Waals surface area contributed by atoms with Crippen molar-refractivity contribution < 1.29 is 17.9 Å². The standard InChI is InChI=1S/C23H24N2O4S/c1-2-17-24-23(26)18-25(30(27,28)22-11-7-4-8-12-22)19-13-15-21(16-14-19)29-20-9-5-3-6-10-20/h3-16H,2,17-18H2,1H3,(H,24,26). The highest BCUT2D eigenvalue weighted by Gasteiger charge is 2.27. The Morgan fingerprint density at radius 1 is 0.867 bits per heavy atom. The summed E-state index contributed by atoms with van der Waals surface area (Å²) in [6.07, 6.45) is 0.767. The highest BCUT2D eigenvalue weighted by atomic mass is 32.2. The molecule has 0 radical (unpaired) electrons. The molecule has 0 aromatic heterocycles. The van der Waals surface area contributed by atoms with E-state index in [4.69, 9.17) is 4.74 Å². The Hall–Kier alpha value is -3.32. The maximum atomic E-state index is 13.2. The minimum absolute atomic E-state index is 0.123. The van der Waals surface area contributed by atoms with Crippen molar-refractivity contribution in [1.29, 1.82) is 0 Å². The van der Waals surface area contributed by atoms with Crippen molar-refractivity contribution in [1.82, 2.24) is 5.32 Å². The molecule has 0 unspecified atom stereocenters. The number of nitrogens with one attached hydrogen (secondary N) is 1. The number of benzene rings is 3. The Morgan fingerprint density at radius 3 is 2.03 bits per heavy atom. The maximum Gasteiger partial charge on any atom is 0.264 e. The van der Waals surface area contributed by atoms with Crippen LogP contribution in [-0.2, 0) is 14.8 Å². The first-order valence-electron chi connectivity index (χ1n) is 9.68.